The molecule has 9 atom stereocenters. The molecule has 0 bridgehead atoms. The van der Waals surface area contributed by atoms with Gasteiger partial charge < -0.3 is 19.6 Å². The van der Waals surface area contributed by atoms with Crippen LogP contribution in [-0.2, 0) is 28.0 Å². The Kier molecular flexibility index (Phi) is 8.66. The minimum atomic E-state index is -0.625. The number of aromatic nitrogens is 2. The Balaban J connectivity index is 1.10. The smallest absolute Gasteiger partial charge is 0.410 e. The van der Waals surface area contributed by atoms with E-state index in [1.165, 1.54) is 23.3 Å². The highest BCUT2D eigenvalue weighted by molar-refractivity contribution is 5.77. The van der Waals surface area contributed by atoms with E-state index in [0.717, 1.165) is 62.2 Å². The maximum Gasteiger partial charge on any atom is 0.410 e. The van der Waals surface area contributed by atoms with Gasteiger partial charge in [-0.15, -0.1) is 0 Å². The highest BCUT2D eigenvalue weighted by Crippen LogP contribution is 2.75. The molecule has 0 spiro atoms. The Morgan fingerprint density at radius 3 is 2.32 bits per heavy atom. The third-order valence-electron chi connectivity index (χ3n) is 16.9. The van der Waals surface area contributed by atoms with Crippen molar-refractivity contribution in [3.63, 3.8) is 0 Å². The number of benzene rings is 1. The first kappa shape index (κ1) is 36.6. The summed E-state index contributed by atoms with van der Waals surface area (Å²) in [5.41, 5.74) is 4.30. The summed E-state index contributed by atoms with van der Waals surface area (Å²) in [5.74, 6) is 3.27. The Hall–Kier alpha value is -3.42. The van der Waals surface area contributed by atoms with Gasteiger partial charge in [0.15, 0.2) is 0 Å². The number of carboxylic acids is 1. The van der Waals surface area contributed by atoms with Crippen LogP contribution in [0.4, 0.5) is 10.6 Å². The van der Waals surface area contributed by atoms with Gasteiger partial charge >= 0.3 is 12.1 Å². The molecule has 5 aliphatic carbocycles. The first-order valence-electron chi connectivity index (χ1n) is 20.6. The number of carbonyl (C=O) groups excluding carboxylic acids is 1. The van der Waals surface area contributed by atoms with E-state index in [1.54, 1.807) is 0 Å². The Morgan fingerprint density at radius 2 is 1.62 bits per heavy atom. The predicted molar refractivity (Wildman–Crippen MR) is 208 cm³/mol. The molecule has 1 amide bonds. The van der Waals surface area contributed by atoms with Crippen LogP contribution in [-0.4, -0.2) is 58.2 Å². The summed E-state index contributed by atoms with van der Waals surface area (Å²) in [6.45, 7) is 22.2. The lowest BCUT2D eigenvalue weighted by Gasteiger charge is -2.70. The van der Waals surface area contributed by atoms with Gasteiger partial charge in [-0.05, 0) is 110 Å². The number of anilines is 1. The first-order valence-corrected chi connectivity index (χ1v) is 20.6. The first-order chi connectivity index (χ1) is 25.1. The zero-order valence-electron chi connectivity index (χ0n) is 33.5. The van der Waals surface area contributed by atoms with E-state index in [0.29, 0.717) is 49.9 Å². The maximum atomic E-state index is 13.2. The van der Waals surface area contributed by atoms with Gasteiger partial charge in [-0.2, -0.15) is 0 Å². The molecule has 8 heteroatoms. The van der Waals surface area contributed by atoms with Crippen LogP contribution in [0.15, 0.2) is 42.0 Å². The van der Waals surface area contributed by atoms with Gasteiger partial charge in [0, 0.05) is 37.2 Å². The van der Waals surface area contributed by atoms with Crippen LogP contribution < -0.4 is 4.90 Å². The van der Waals surface area contributed by atoms with E-state index in [-0.39, 0.29) is 40.3 Å². The number of hydrogen-bond acceptors (Lipinski definition) is 6. The van der Waals surface area contributed by atoms with Crippen molar-refractivity contribution in [2.45, 2.75) is 119 Å². The molecular weight excluding hydrogens is 661 g/mol. The summed E-state index contributed by atoms with van der Waals surface area (Å²) >= 11 is 0. The molecule has 0 radical (unpaired) electrons. The van der Waals surface area contributed by atoms with Crippen molar-refractivity contribution in [2.75, 3.05) is 31.1 Å². The van der Waals surface area contributed by atoms with Gasteiger partial charge in [-0.25, -0.2) is 14.8 Å². The normalized spacial score (nSPS) is 38.6. The van der Waals surface area contributed by atoms with Crippen LogP contribution in [0.1, 0.15) is 116 Å². The summed E-state index contributed by atoms with van der Waals surface area (Å²) in [4.78, 5) is 40.9. The van der Waals surface area contributed by atoms with Gasteiger partial charge in [-0.1, -0.05) is 90.4 Å². The number of aryl methyl sites for hydroxylation is 1. The SMILES string of the molecule is Cc1nc(N2CCN(C(=O)OCc3ccccc3)CC2)c2c(n1)C(C)(C)C1CCC3(C)C(CC=C4C5C(C)C(C)CCC5(C(=O)O)CCC43C)C1(C)C2. The van der Waals surface area contributed by atoms with E-state index >= 15 is 0 Å². The molecule has 1 N–H and O–H groups in total. The number of hydrogen-bond donors (Lipinski definition) is 1. The highest BCUT2D eigenvalue weighted by atomic mass is 16.6. The van der Waals surface area contributed by atoms with Gasteiger partial charge in [0.25, 0.3) is 0 Å². The fourth-order valence-corrected chi connectivity index (χ4v) is 13.7. The molecule has 1 saturated heterocycles. The lowest BCUT2D eigenvalue weighted by atomic mass is 9.33. The van der Waals surface area contributed by atoms with E-state index in [2.05, 4.69) is 59.4 Å². The van der Waals surface area contributed by atoms with E-state index < -0.39 is 11.4 Å². The average Bonchev–Trinajstić information content (AvgIpc) is 3.13. The molecule has 3 saturated carbocycles. The number of carbonyl (C=O) groups is 2. The van der Waals surface area contributed by atoms with Crippen LogP contribution in [0, 0.1) is 58.2 Å². The van der Waals surface area contributed by atoms with Gasteiger partial charge in [0.2, 0.25) is 0 Å². The number of nitrogens with zero attached hydrogens (tertiary/aromatic N) is 4. The second-order valence-corrected chi connectivity index (χ2v) is 19.4. The van der Waals surface area contributed by atoms with Crippen LogP contribution in [0.5, 0.6) is 0 Å². The molecule has 1 aliphatic heterocycles. The molecule has 1 aromatic heterocycles. The predicted octanol–water partition coefficient (Wildman–Crippen LogP) is 9.00. The number of carboxylic acid groups (broad SMARTS) is 1. The standard InChI is InChI=1S/C45H62N4O4/c1-28-16-19-45(39(50)51)21-20-43(7)33(36(45)29(28)2)14-15-35-42(6)26-32-37(41(4,5)34(42)17-18-44(35,43)8)46-30(3)47-38(32)48-22-24-49(25-23-48)40(52)53-27-31-12-10-9-11-13-31/h9-14,28-29,34-36H,15-27H2,1-8H3,(H,50,51). The number of fused-ring (bicyclic) bond motifs is 8. The van der Waals surface area contributed by atoms with Gasteiger partial charge in [0.05, 0.1) is 11.1 Å². The summed E-state index contributed by atoms with van der Waals surface area (Å²) in [7, 11) is 0. The Bertz CT molecular complexity index is 1820. The summed E-state index contributed by atoms with van der Waals surface area (Å²) in [6, 6.07) is 9.85. The minimum absolute atomic E-state index is 0.0256. The molecule has 2 aromatic rings. The van der Waals surface area contributed by atoms with Crippen molar-refractivity contribution in [2.24, 2.45) is 51.2 Å². The minimum Gasteiger partial charge on any atom is -0.481 e. The molecule has 9 unspecified atom stereocenters. The average molecular weight is 723 g/mol. The van der Waals surface area contributed by atoms with Crippen LogP contribution >= 0.6 is 0 Å². The largest absolute Gasteiger partial charge is 0.481 e. The van der Waals surface area contributed by atoms with Gasteiger partial charge in [0.1, 0.15) is 18.2 Å². The monoisotopic (exact) mass is 722 g/mol. The molecule has 53 heavy (non-hydrogen) atoms. The fourth-order valence-electron chi connectivity index (χ4n) is 13.7. The second kappa shape index (κ2) is 12.6. The van der Waals surface area contributed by atoms with E-state index in [9.17, 15) is 14.7 Å². The van der Waals surface area contributed by atoms with Crippen molar-refractivity contribution in [1.82, 2.24) is 14.9 Å². The lowest BCUT2D eigenvalue weighted by molar-refractivity contribution is -0.179. The van der Waals surface area contributed by atoms with Gasteiger partial charge in [-0.3, -0.25) is 4.79 Å². The van der Waals surface area contributed by atoms with Crippen molar-refractivity contribution in [1.29, 1.82) is 0 Å². The summed E-state index contributed by atoms with van der Waals surface area (Å²) < 4.78 is 5.69. The zero-order valence-corrected chi connectivity index (χ0v) is 33.5. The number of ether oxygens (including phenoxy) is 1. The molecular formula is C45H62N4O4. The van der Waals surface area contributed by atoms with Crippen LogP contribution in [0.3, 0.4) is 0 Å². The van der Waals surface area contributed by atoms with Crippen molar-refractivity contribution in [3.8, 4) is 0 Å². The zero-order chi connectivity index (χ0) is 37.7. The molecule has 6 aliphatic rings. The second-order valence-electron chi connectivity index (χ2n) is 19.4. The molecule has 286 valence electrons. The highest BCUT2D eigenvalue weighted by Gasteiger charge is 2.69. The topological polar surface area (TPSA) is 95.9 Å². The van der Waals surface area contributed by atoms with Crippen LogP contribution in [0.2, 0.25) is 0 Å². The third kappa shape index (κ3) is 5.26. The quantitative estimate of drug-likeness (QED) is 0.315. The molecule has 8 rings (SSSR count). The lowest BCUT2D eigenvalue weighted by Crippen LogP contribution is -2.65. The summed E-state index contributed by atoms with van der Waals surface area (Å²) in [5, 5.41) is 10.8. The van der Waals surface area contributed by atoms with Crippen molar-refractivity contribution >= 4 is 17.9 Å². The third-order valence-corrected chi connectivity index (χ3v) is 16.9. The van der Waals surface area contributed by atoms with Crippen molar-refractivity contribution in [3.05, 3.63) is 64.6 Å². The van der Waals surface area contributed by atoms with E-state index in [4.69, 9.17) is 14.7 Å². The molecule has 8 nitrogen and oxygen atoms in total. The number of allylic oxidation sites excluding steroid dienone is 2. The Morgan fingerprint density at radius 1 is 0.906 bits per heavy atom. The summed E-state index contributed by atoms with van der Waals surface area (Å²) in [6.07, 6.45) is 10.2. The molecule has 1 aromatic carbocycles. The number of amides is 1. The maximum absolute atomic E-state index is 13.2. The number of aliphatic carboxylic acids is 1. The number of piperazine rings is 1. The number of rotatable bonds is 4. The fraction of sp³-hybridized carbons (Fsp3) is 0.689. The molecule has 2 heterocycles. The van der Waals surface area contributed by atoms with Crippen molar-refractivity contribution < 1.29 is 19.4 Å². The van der Waals surface area contributed by atoms with E-state index in [1.807, 2.05) is 42.2 Å². The van der Waals surface area contributed by atoms with Crippen LogP contribution in [0.25, 0.3) is 0 Å². The Labute approximate surface area is 317 Å². The molecule has 4 fully saturated rings.